The number of hydrogen-bond donors (Lipinski definition) is 0. The summed E-state index contributed by atoms with van der Waals surface area (Å²) >= 11 is 0. The number of hydrogen-bond acceptors (Lipinski definition) is 3. The number of imidazole rings is 1. The molecule has 2 aliphatic rings. The Balaban J connectivity index is 1.44. The Labute approximate surface area is 206 Å². The van der Waals surface area contributed by atoms with Crippen LogP contribution in [0.3, 0.4) is 0 Å². The molecule has 3 aromatic carbocycles. The van der Waals surface area contributed by atoms with Crippen LogP contribution in [0.15, 0.2) is 79.0 Å². The maximum absolute atomic E-state index is 13.6. The van der Waals surface area contributed by atoms with Gasteiger partial charge in [0.1, 0.15) is 17.7 Å². The highest BCUT2D eigenvalue weighted by Crippen LogP contribution is 2.39. The van der Waals surface area contributed by atoms with Crippen molar-refractivity contribution in [2.75, 3.05) is 20.1 Å². The van der Waals surface area contributed by atoms with Gasteiger partial charge in [0.25, 0.3) is 0 Å². The maximum atomic E-state index is 13.6. The minimum Gasteiger partial charge on any atom is -0.362 e. The second-order valence-corrected chi connectivity index (χ2v) is 9.69. The fraction of sp³-hybridized carbons (Fsp3) is 0.300. The number of nitrogens with zero attached hydrogens (tertiary/aromatic N) is 3. The summed E-state index contributed by atoms with van der Waals surface area (Å²) in [4.78, 5) is 7.50. The maximum Gasteiger partial charge on any atom is 0.143 e. The van der Waals surface area contributed by atoms with Gasteiger partial charge in [-0.05, 0) is 60.7 Å². The SMILES string of the molecule is CN1CCC(OC2c3cccc(-c4ccc(F)cc4)c3CCn3cc(-c4ccccc4)nc32)CC1. The first kappa shape index (κ1) is 22.2. The van der Waals surface area contributed by atoms with E-state index in [0.29, 0.717) is 0 Å². The topological polar surface area (TPSA) is 30.3 Å². The lowest BCUT2D eigenvalue weighted by Crippen LogP contribution is -2.35. The monoisotopic (exact) mass is 467 g/mol. The number of halogens is 1. The first-order chi connectivity index (χ1) is 17.2. The van der Waals surface area contributed by atoms with Gasteiger partial charge < -0.3 is 14.2 Å². The third-order valence-electron chi connectivity index (χ3n) is 7.36. The molecule has 1 atom stereocenters. The summed E-state index contributed by atoms with van der Waals surface area (Å²) in [6.07, 6.45) is 5.03. The van der Waals surface area contributed by atoms with Crippen molar-refractivity contribution in [1.82, 2.24) is 14.5 Å². The Morgan fingerprint density at radius 2 is 1.63 bits per heavy atom. The number of fused-ring (bicyclic) bond motifs is 2. The molecule has 0 bridgehead atoms. The smallest absolute Gasteiger partial charge is 0.143 e. The predicted molar refractivity (Wildman–Crippen MR) is 137 cm³/mol. The number of ether oxygens (including phenoxy) is 1. The van der Waals surface area contributed by atoms with Crippen LogP contribution in [0, 0.1) is 5.82 Å². The van der Waals surface area contributed by atoms with Gasteiger partial charge in [0, 0.05) is 31.4 Å². The third-order valence-corrected chi connectivity index (χ3v) is 7.36. The molecular formula is C30H30FN3O. The molecule has 0 aliphatic carbocycles. The van der Waals surface area contributed by atoms with Crippen LogP contribution in [0.1, 0.15) is 35.9 Å². The number of rotatable bonds is 4. The van der Waals surface area contributed by atoms with Crippen LogP contribution in [-0.2, 0) is 17.7 Å². The van der Waals surface area contributed by atoms with Crippen LogP contribution >= 0.6 is 0 Å². The standard InChI is InChI=1S/C30H30FN3O/c1-33-17-14-24(15-18-33)35-29-27-9-5-8-25(21-10-12-23(31)13-11-21)26(27)16-19-34-20-28(32-30(29)34)22-6-3-2-4-7-22/h2-13,20,24,29H,14-19H2,1H3. The molecule has 2 aliphatic heterocycles. The second kappa shape index (κ2) is 9.40. The van der Waals surface area contributed by atoms with Gasteiger partial charge in [-0.25, -0.2) is 9.37 Å². The first-order valence-electron chi connectivity index (χ1n) is 12.5. The number of likely N-dealkylation sites (tertiary alicyclic amines) is 1. The fourth-order valence-corrected chi connectivity index (χ4v) is 5.41. The van der Waals surface area contributed by atoms with E-state index in [1.165, 1.54) is 23.3 Å². The van der Waals surface area contributed by atoms with Crippen molar-refractivity contribution in [2.24, 2.45) is 0 Å². The van der Waals surface area contributed by atoms with Gasteiger partial charge in [-0.15, -0.1) is 0 Å². The lowest BCUT2D eigenvalue weighted by Gasteiger charge is -2.32. The molecule has 35 heavy (non-hydrogen) atoms. The van der Waals surface area contributed by atoms with Crippen LogP contribution in [0.25, 0.3) is 22.4 Å². The molecular weight excluding hydrogens is 437 g/mol. The average Bonchev–Trinajstić information content (AvgIpc) is 3.26. The molecule has 1 fully saturated rings. The molecule has 1 aromatic heterocycles. The highest BCUT2D eigenvalue weighted by molar-refractivity contribution is 5.70. The van der Waals surface area contributed by atoms with Gasteiger partial charge in [0.15, 0.2) is 0 Å². The zero-order chi connectivity index (χ0) is 23.8. The quantitative estimate of drug-likeness (QED) is 0.363. The molecule has 1 unspecified atom stereocenters. The zero-order valence-electron chi connectivity index (χ0n) is 20.0. The van der Waals surface area contributed by atoms with E-state index in [1.54, 1.807) is 0 Å². The molecule has 0 spiro atoms. The van der Waals surface area contributed by atoms with E-state index in [0.717, 1.165) is 67.1 Å². The summed E-state index contributed by atoms with van der Waals surface area (Å²) in [7, 11) is 2.17. The molecule has 0 radical (unpaired) electrons. The molecule has 1 saturated heterocycles. The number of benzene rings is 3. The summed E-state index contributed by atoms with van der Waals surface area (Å²) in [5, 5.41) is 0. The van der Waals surface area contributed by atoms with E-state index < -0.39 is 0 Å². The Morgan fingerprint density at radius 3 is 2.40 bits per heavy atom. The van der Waals surface area contributed by atoms with Crippen molar-refractivity contribution >= 4 is 0 Å². The van der Waals surface area contributed by atoms with Gasteiger partial charge in [0.05, 0.1) is 11.8 Å². The molecule has 4 aromatic rings. The molecule has 4 nitrogen and oxygen atoms in total. The van der Waals surface area contributed by atoms with Crippen molar-refractivity contribution in [3.8, 4) is 22.4 Å². The van der Waals surface area contributed by atoms with Crippen LogP contribution in [0.2, 0.25) is 0 Å². The second-order valence-electron chi connectivity index (χ2n) is 9.69. The van der Waals surface area contributed by atoms with Crippen LogP contribution in [0.4, 0.5) is 4.39 Å². The van der Waals surface area contributed by atoms with Gasteiger partial charge in [0.2, 0.25) is 0 Å². The largest absolute Gasteiger partial charge is 0.362 e. The van der Waals surface area contributed by atoms with E-state index in [4.69, 9.17) is 9.72 Å². The third kappa shape index (κ3) is 4.42. The predicted octanol–water partition coefficient (Wildman–Crippen LogP) is 6.11. The van der Waals surface area contributed by atoms with E-state index in [9.17, 15) is 4.39 Å². The Morgan fingerprint density at radius 1 is 0.857 bits per heavy atom. The van der Waals surface area contributed by atoms with Gasteiger partial charge >= 0.3 is 0 Å². The molecule has 0 saturated carbocycles. The Bertz CT molecular complexity index is 1310. The average molecular weight is 468 g/mol. The molecule has 3 heterocycles. The van der Waals surface area contributed by atoms with Crippen molar-refractivity contribution in [1.29, 1.82) is 0 Å². The minimum absolute atomic E-state index is 0.196. The summed E-state index contributed by atoms with van der Waals surface area (Å²) in [6.45, 7) is 2.92. The lowest BCUT2D eigenvalue weighted by atomic mass is 9.91. The summed E-state index contributed by atoms with van der Waals surface area (Å²) in [6, 6.07) is 23.6. The zero-order valence-corrected chi connectivity index (χ0v) is 20.0. The molecule has 0 N–H and O–H groups in total. The molecule has 0 amide bonds. The summed E-state index contributed by atoms with van der Waals surface area (Å²) in [5.41, 5.74) is 6.72. The normalized spacial score (nSPS) is 18.6. The van der Waals surface area contributed by atoms with Crippen molar-refractivity contribution in [3.05, 3.63) is 102 Å². The van der Waals surface area contributed by atoms with E-state index in [-0.39, 0.29) is 18.0 Å². The number of piperidine rings is 1. The molecule has 6 rings (SSSR count). The van der Waals surface area contributed by atoms with Gasteiger partial charge in [-0.2, -0.15) is 0 Å². The number of aromatic nitrogens is 2. The lowest BCUT2D eigenvalue weighted by molar-refractivity contribution is -0.0275. The van der Waals surface area contributed by atoms with Crippen molar-refractivity contribution < 1.29 is 9.13 Å². The number of aryl methyl sites for hydroxylation is 1. The van der Waals surface area contributed by atoms with Crippen LogP contribution in [0.5, 0.6) is 0 Å². The Hall–Kier alpha value is -3.28. The Kier molecular flexibility index (Phi) is 5.96. The van der Waals surface area contributed by atoms with E-state index in [2.05, 4.69) is 65.2 Å². The highest BCUT2D eigenvalue weighted by atomic mass is 19.1. The summed E-state index contributed by atoms with van der Waals surface area (Å²) in [5.74, 6) is 0.755. The molecule has 178 valence electrons. The highest BCUT2D eigenvalue weighted by Gasteiger charge is 2.32. The van der Waals surface area contributed by atoms with Gasteiger partial charge in [-0.3, -0.25) is 0 Å². The molecule has 5 heteroatoms. The fourth-order valence-electron chi connectivity index (χ4n) is 5.41. The van der Waals surface area contributed by atoms with Crippen molar-refractivity contribution in [3.63, 3.8) is 0 Å². The minimum atomic E-state index is -0.237. The van der Waals surface area contributed by atoms with Crippen LogP contribution in [-0.4, -0.2) is 40.7 Å². The summed E-state index contributed by atoms with van der Waals surface area (Å²) < 4.78 is 22.8. The van der Waals surface area contributed by atoms with Gasteiger partial charge in [-0.1, -0.05) is 60.7 Å². The van der Waals surface area contributed by atoms with Crippen LogP contribution < -0.4 is 0 Å². The van der Waals surface area contributed by atoms with Crippen molar-refractivity contribution in [2.45, 2.75) is 38.0 Å². The first-order valence-corrected chi connectivity index (χ1v) is 12.5. The van der Waals surface area contributed by atoms with E-state index >= 15 is 0 Å². The van der Waals surface area contributed by atoms with E-state index in [1.807, 2.05) is 18.2 Å².